The first kappa shape index (κ1) is 15.1. The number of pyridine rings is 1. The number of aromatic nitrogens is 1. The van der Waals surface area contributed by atoms with Crippen LogP contribution < -0.4 is 4.74 Å². The van der Waals surface area contributed by atoms with E-state index in [9.17, 15) is 4.79 Å². The molecule has 1 N–H and O–H groups in total. The zero-order valence-corrected chi connectivity index (χ0v) is 12.8. The van der Waals surface area contributed by atoms with Crippen molar-refractivity contribution in [1.82, 2.24) is 14.8 Å². The summed E-state index contributed by atoms with van der Waals surface area (Å²) in [5.74, 6) is 0.656. The van der Waals surface area contributed by atoms with E-state index in [1.54, 1.807) is 0 Å². The molecular weight excluding hydrogens is 282 g/mol. The van der Waals surface area contributed by atoms with E-state index < -0.39 is 6.09 Å². The van der Waals surface area contributed by atoms with Crippen LogP contribution >= 0.6 is 0 Å². The SMILES string of the molecule is O=C(O)N1CCc2nc(OCCCN3CCCC3)ccc2C1. The molecule has 1 saturated heterocycles. The highest BCUT2D eigenvalue weighted by Gasteiger charge is 2.21. The average molecular weight is 305 g/mol. The number of amides is 1. The first-order chi connectivity index (χ1) is 10.7. The maximum atomic E-state index is 11.0. The number of hydrogen-bond acceptors (Lipinski definition) is 4. The van der Waals surface area contributed by atoms with Crippen LogP contribution in [0, 0.1) is 0 Å². The van der Waals surface area contributed by atoms with Gasteiger partial charge in [0, 0.05) is 25.6 Å². The zero-order chi connectivity index (χ0) is 15.4. The molecule has 1 aromatic rings. The molecule has 2 aliphatic heterocycles. The van der Waals surface area contributed by atoms with Crippen LogP contribution in [-0.2, 0) is 13.0 Å². The summed E-state index contributed by atoms with van der Waals surface area (Å²) >= 11 is 0. The summed E-state index contributed by atoms with van der Waals surface area (Å²) in [5.41, 5.74) is 1.95. The monoisotopic (exact) mass is 305 g/mol. The summed E-state index contributed by atoms with van der Waals surface area (Å²) in [4.78, 5) is 19.4. The second-order valence-corrected chi connectivity index (χ2v) is 5.96. The van der Waals surface area contributed by atoms with E-state index in [1.165, 1.54) is 30.8 Å². The fraction of sp³-hybridized carbons (Fsp3) is 0.625. The van der Waals surface area contributed by atoms with E-state index in [0.29, 0.717) is 32.0 Å². The van der Waals surface area contributed by atoms with Crippen molar-refractivity contribution >= 4 is 6.09 Å². The van der Waals surface area contributed by atoms with E-state index in [1.807, 2.05) is 12.1 Å². The summed E-state index contributed by atoms with van der Waals surface area (Å²) in [6.45, 7) is 5.15. The summed E-state index contributed by atoms with van der Waals surface area (Å²) in [5, 5.41) is 9.03. The van der Waals surface area contributed by atoms with E-state index in [2.05, 4.69) is 9.88 Å². The van der Waals surface area contributed by atoms with Crippen molar-refractivity contribution in [3.8, 4) is 5.88 Å². The lowest BCUT2D eigenvalue weighted by Crippen LogP contribution is -2.35. The highest BCUT2D eigenvalue weighted by molar-refractivity contribution is 5.65. The largest absolute Gasteiger partial charge is 0.478 e. The van der Waals surface area contributed by atoms with Crippen LogP contribution in [0.2, 0.25) is 0 Å². The maximum absolute atomic E-state index is 11.0. The normalized spacial score (nSPS) is 18.3. The fourth-order valence-electron chi connectivity index (χ4n) is 3.11. The summed E-state index contributed by atoms with van der Waals surface area (Å²) in [6.07, 6.45) is 3.45. The van der Waals surface area contributed by atoms with Crippen LogP contribution in [0.25, 0.3) is 0 Å². The molecule has 0 aliphatic carbocycles. The summed E-state index contributed by atoms with van der Waals surface area (Å²) in [6, 6.07) is 3.78. The van der Waals surface area contributed by atoms with Gasteiger partial charge in [-0.25, -0.2) is 9.78 Å². The second-order valence-electron chi connectivity index (χ2n) is 5.96. The number of likely N-dealkylation sites (tertiary alicyclic amines) is 1. The molecule has 120 valence electrons. The number of nitrogens with zero attached hydrogens (tertiary/aromatic N) is 3. The number of rotatable bonds is 5. The molecule has 0 spiro atoms. The van der Waals surface area contributed by atoms with Crippen molar-refractivity contribution in [2.24, 2.45) is 0 Å². The first-order valence-electron chi connectivity index (χ1n) is 8.04. The molecule has 3 rings (SSSR count). The zero-order valence-electron chi connectivity index (χ0n) is 12.8. The number of ether oxygens (including phenoxy) is 1. The van der Waals surface area contributed by atoms with Crippen molar-refractivity contribution in [2.75, 3.05) is 32.8 Å². The van der Waals surface area contributed by atoms with Crippen molar-refractivity contribution in [1.29, 1.82) is 0 Å². The Balaban J connectivity index is 1.48. The number of carboxylic acid groups (broad SMARTS) is 1. The molecule has 0 saturated carbocycles. The molecule has 6 nitrogen and oxygen atoms in total. The molecule has 0 radical (unpaired) electrons. The minimum atomic E-state index is -0.868. The smallest absolute Gasteiger partial charge is 0.407 e. The van der Waals surface area contributed by atoms with Gasteiger partial charge in [0.15, 0.2) is 0 Å². The van der Waals surface area contributed by atoms with E-state index in [0.717, 1.165) is 24.2 Å². The minimum absolute atomic E-state index is 0.424. The van der Waals surface area contributed by atoms with Crippen molar-refractivity contribution in [3.63, 3.8) is 0 Å². The molecule has 22 heavy (non-hydrogen) atoms. The van der Waals surface area contributed by atoms with Crippen LogP contribution in [0.3, 0.4) is 0 Å². The highest BCUT2D eigenvalue weighted by Crippen LogP contribution is 2.20. The van der Waals surface area contributed by atoms with Gasteiger partial charge >= 0.3 is 6.09 Å². The molecule has 0 bridgehead atoms. The molecule has 0 aromatic carbocycles. The van der Waals surface area contributed by atoms with E-state index >= 15 is 0 Å². The van der Waals surface area contributed by atoms with Gasteiger partial charge in [-0.2, -0.15) is 0 Å². The van der Waals surface area contributed by atoms with Gasteiger partial charge in [-0.3, -0.25) is 0 Å². The van der Waals surface area contributed by atoms with Gasteiger partial charge in [0.05, 0.1) is 18.8 Å². The van der Waals surface area contributed by atoms with E-state index in [-0.39, 0.29) is 0 Å². The molecule has 1 amide bonds. The van der Waals surface area contributed by atoms with Gasteiger partial charge < -0.3 is 19.6 Å². The Labute approximate surface area is 130 Å². The third kappa shape index (κ3) is 3.68. The molecule has 2 aliphatic rings. The molecule has 0 atom stereocenters. The highest BCUT2D eigenvalue weighted by atomic mass is 16.5. The quantitative estimate of drug-likeness (QED) is 0.843. The van der Waals surface area contributed by atoms with Gasteiger partial charge in [0.25, 0.3) is 0 Å². The van der Waals surface area contributed by atoms with Crippen LogP contribution in [0.15, 0.2) is 12.1 Å². The van der Waals surface area contributed by atoms with Gasteiger partial charge in [-0.1, -0.05) is 6.07 Å². The molecule has 6 heteroatoms. The predicted octanol–water partition coefficient (Wildman–Crippen LogP) is 1.98. The minimum Gasteiger partial charge on any atom is -0.478 e. The Morgan fingerprint density at radius 1 is 1.27 bits per heavy atom. The Bertz CT molecular complexity index is 529. The van der Waals surface area contributed by atoms with Crippen LogP contribution in [-0.4, -0.2) is 58.8 Å². The first-order valence-corrected chi connectivity index (χ1v) is 8.04. The number of fused-ring (bicyclic) bond motifs is 1. The van der Waals surface area contributed by atoms with Crippen molar-refractivity contribution in [2.45, 2.75) is 32.2 Å². The van der Waals surface area contributed by atoms with Crippen LogP contribution in [0.5, 0.6) is 5.88 Å². The average Bonchev–Trinajstić information content (AvgIpc) is 3.04. The molecule has 1 aromatic heterocycles. The fourth-order valence-corrected chi connectivity index (χ4v) is 3.11. The Hall–Kier alpha value is -1.82. The molecular formula is C16H23N3O3. The van der Waals surface area contributed by atoms with Crippen molar-refractivity contribution in [3.05, 3.63) is 23.4 Å². The lowest BCUT2D eigenvalue weighted by atomic mass is 10.1. The maximum Gasteiger partial charge on any atom is 0.407 e. The van der Waals surface area contributed by atoms with Gasteiger partial charge in [0.1, 0.15) is 0 Å². The topological polar surface area (TPSA) is 65.9 Å². The Morgan fingerprint density at radius 2 is 2.09 bits per heavy atom. The molecule has 1 fully saturated rings. The lowest BCUT2D eigenvalue weighted by molar-refractivity contribution is 0.139. The van der Waals surface area contributed by atoms with Crippen LogP contribution in [0.4, 0.5) is 4.79 Å². The van der Waals surface area contributed by atoms with Crippen molar-refractivity contribution < 1.29 is 14.6 Å². The van der Waals surface area contributed by atoms with Gasteiger partial charge in [-0.15, -0.1) is 0 Å². The molecule has 3 heterocycles. The number of hydrogen-bond donors (Lipinski definition) is 1. The summed E-state index contributed by atoms with van der Waals surface area (Å²) in [7, 11) is 0. The Morgan fingerprint density at radius 3 is 2.86 bits per heavy atom. The second kappa shape index (κ2) is 6.96. The van der Waals surface area contributed by atoms with Gasteiger partial charge in [0.2, 0.25) is 5.88 Å². The van der Waals surface area contributed by atoms with E-state index in [4.69, 9.17) is 9.84 Å². The van der Waals surface area contributed by atoms with Crippen LogP contribution in [0.1, 0.15) is 30.5 Å². The predicted molar refractivity (Wildman–Crippen MR) is 82.2 cm³/mol. The Kier molecular flexibility index (Phi) is 4.77. The third-order valence-electron chi connectivity index (χ3n) is 4.36. The molecule has 0 unspecified atom stereocenters. The standard InChI is InChI=1S/C16H23N3O3/c20-16(21)19-10-6-14-13(12-19)4-5-15(17-14)22-11-3-9-18-7-1-2-8-18/h4-5H,1-3,6-12H2,(H,20,21). The third-order valence-corrected chi connectivity index (χ3v) is 4.36. The lowest BCUT2D eigenvalue weighted by Gasteiger charge is -2.25. The summed E-state index contributed by atoms with van der Waals surface area (Å²) < 4.78 is 5.74. The van der Waals surface area contributed by atoms with Gasteiger partial charge in [-0.05, 0) is 37.9 Å². The number of carbonyl (C=O) groups is 1.